The van der Waals surface area contributed by atoms with Gasteiger partial charge in [-0.25, -0.2) is 4.98 Å². The number of benzene rings is 2. The molecule has 1 saturated heterocycles. The van der Waals surface area contributed by atoms with Crippen LogP contribution in [0.4, 0.5) is 5.95 Å². The van der Waals surface area contributed by atoms with Crippen LogP contribution in [0.1, 0.15) is 36.0 Å². The second-order valence-corrected chi connectivity index (χ2v) is 9.65. The van der Waals surface area contributed by atoms with E-state index in [9.17, 15) is 5.11 Å². The molecule has 1 aliphatic rings. The number of fused-ring (bicyclic) bond motifs is 1. The Balaban J connectivity index is 1.25. The predicted molar refractivity (Wildman–Crippen MR) is 142 cm³/mol. The number of aromatic hydroxyl groups is 1. The van der Waals surface area contributed by atoms with E-state index < -0.39 is 0 Å². The number of hydrogen-bond donors (Lipinski definition) is 1. The Morgan fingerprint density at radius 3 is 2.60 bits per heavy atom. The molecule has 0 radical (unpaired) electrons. The van der Waals surface area contributed by atoms with E-state index in [-0.39, 0.29) is 0 Å². The number of anilines is 1. The zero-order valence-electron chi connectivity index (χ0n) is 21.7. The standard InChI is InChI=1S/C28H40N4O3/c1-21-20-26(22(2)23(3)27(21)33)35-18-8-7-17-34-19-16-32-25-11-6-5-10-24(25)29-28(32)31-13-9-12-30(4)14-15-31/h5-6,10-11,20,33H,7-9,12-19H2,1-4H3. The van der Waals surface area contributed by atoms with Gasteiger partial charge in [0.2, 0.25) is 5.95 Å². The molecule has 190 valence electrons. The van der Waals surface area contributed by atoms with Crippen molar-refractivity contribution in [3.63, 3.8) is 0 Å². The van der Waals surface area contributed by atoms with Gasteiger partial charge in [-0.1, -0.05) is 12.1 Å². The first-order chi connectivity index (χ1) is 17.0. The topological polar surface area (TPSA) is 63.0 Å². The van der Waals surface area contributed by atoms with E-state index in [1.165, 1.54) is 5.52 Å². The molecule has 1 fully saturated rings. The minimum absolute atomic E-state index is 0.361. The van der Waals surface area contributed by atoms with Gasteiger partial charge in [-0.2, -0.15) is 0 Å². The Morgan fingerprint density at radius 2 is 1.74 bits per heavy atom. The molecular weight excluding hydrogens is 440 g/mol. The molecule has 2 heterocycles. The SMILES string of the molecule is Cc1cc(OCCCCOCCn2c(N3CCCN(C)CC3)nc3ccccc32)c(C)c(C)c1O. The molecule has 0 unspecified atom stereocenters. The fraction of sp³-hybridized carbons (Fsp3) is 0.536. The van der Waals surface area contributed by atoms with Gasteiger partial charge in [-0.3, -0.25) is 0 Å². The Kier molecular flexibility index (Phi) is 8.52. The maximum absolute atomic E-state index is 10.1. The van der Waals surface area contributed by atoms with Gasteiger partial charge in [0.25, 0.3) is 0 Å². The van der Waals surface area contributed by atoms with Gasteiger partial charge < -0.3 is 28.9 Å². The van der Waals surface area contributed by atoms with Crippen molar-refractivity contribution < 1.29 is 14.6 Å². The molecular formula is C28H40N4O3. The number of para-hydroxylation sites is 2. The quantitative estimate of drug-likeness (QED) is 0.425. The summed E-state index contributed by atoms with van der Waals surface area (Å²) in [6.45, 7) is 12.9. The molecule has 0 saturated carbocycles. The lowest BCUT2D eigenvalue weighted by Gasteiger charge is -2.23. The number of nitrogens with zero attached hydrogens (tertiary/aromatic N) is 4. The minimum Gasteiger partial charge on any atom is -0.507 e. The lowest BCUT2D eigenvalue weighted by Crippen LogP contribution is -2.31. The smallest absolute Gasteiger partial charge is 0.206 e. The summed E-state index contributed by atoms with van der Waals surface area (Å²) >= 11 is 0. The first-order valence-corrected chi connectivity index (χ1v) is 12.8. The summed E-state index contributed by atoms with van der Waals surface area (Å²) in [5, 5.41) is 10.1. The van der Waals surface area contributed by atoms with Crippen molar-refractivity contribution in [2.24, 2.45) is 0 Å². The fourth-order valence-electron chi connectivity index (χ4n) is 4.70. The van der Waals surface area contributed by atoms with Crippen molar-refractivity contribution >= 4 is 17.0 Å². The lowest BCUT2D eigenvalue weighted by atomic mass is 10.0. The zero-order valence-corrected chi connectivity index (χ0v) is 21.7. The monoisotopic (exact) mass is 480 g/mol. The van der Waals surface area contributed by atoms with Crippen molar-refractivity contribution in [2.75, 3.05) is 57.9 Å². The molecule has 0 bridgehead atoms. The highest BCUT2D eigenvalue weighted by molar-refractivity contribution is 5.78. The predicted octanol–water partition coefficient (Wildman–Crippen LogP) is 4.68. The molecule has 3 aromatic rings. The van der Waals surface area contributed by atoms with Crippen LogP contribution in [0.2, 0.25) is 0 Å². The maximum atomic E-state index is 10.1. The molecule has 2 aromatic carbocycles. The number of rotatable bonds is 10. The number of aromatic nitrogens is 2. The van der Waals surface area contributed by atoms with E-state index in [1.807, 2.05) is 26.8 Å². The van der Waals surface area contributed by atoms with Crippen LogP contribution in [0.5, 0.6) is 11.5 Å². The van der Waals surface area contributed by atoms with E-state index in [2.05, 4.69) is 45.7 Å². The first kappa shape index (κ1) is 25.3. The second-order valence-electron chi connectivity index (χ2n) is 9.65. The van der Waals surface area contributed by atoms with Gasteiger partial charge in [-0.05, 0) is 88.5 Å². The minimum atomic E-state index is 0.361. The molecule has 1 N–H and O–H groups in total. The molecule has 7 heteroatoms. The number of unbranched alkanes of at least 4 members (excludes halogenated alkanes) is 1. The van der Waals surface area contributed by atoms with E-state index in [1.54, 1.807) is 0 Å². The Labute approximate surface area is 209 Å². The van der Waals surface area contributed by atoms with Crippen LogP contribution in [0, 0.1) is 20.8 Å². The van der Waals surface area contributed by atoms with Crippen LogP contribution >= 0.6 is 0 Å². The molecule has 0 aliphatic carbocycles. The van der Waals surface area contributed by atoms with E-state index in [0.717, 1.165) is 85.9 Å². The molecule has 0 atom stereocenters. The van der Waals surface area contributed by atoms with Gasteiger partial charge in [0.15, 0.2) is 0 Å². The summed E-state index contributed by atoms with van der Waals surface area (Å²) < 4.78 is 14.3. The number of hydrogen-bond acceptors (Lipinski definition) is 6. The van der Waals surface area contributed by atoms with Gasteiger partial charge in [0, 0.05) is 32.8 Å². The highest BCUT2D eigenvalue weighted by Gasteiger charge is 2.19. The molecule has 4 rings (SSSR count). The van der Waals surface area contributed by atoms with E-state index in [4.69, 9.17) is 14.5 Å². The molecule has 1 aromatic heterocycles. The average molecular weight is 481 g/mol. The summed E-state index contributed by atoms with van der Waals surface area (Å²) in [5.74, 6) is 2.28. The van der Waals surface area contributed by atoms with Gasteiger partial charge in [0.05, 0.1) is 24.2 Å². The Morgan fingerprint density at radius 1 is 0.943 bits per heavy atom. The number of imidazole rings is 1. The van der Waals surface area contributed by atoms with Crippen LogP contribution in [-0.4, -0.2) is 72.6 Å². The lowest BCUT2D eigenvalue weighted by molar-refractivity contribution is 0.120. The molecule has 1 aliphatic heterocycles. The molecule has 35 heavy (non-hydrogen) atoms. The van der Waals surface area contributed by atoms with Crippen molar-refractivity contribution in [2.45, 2.75) is 46.6 Å². The average Bonchev–Trinajstić information content (AvgIpc) is 3.08. The number of phenols is 1. The zero-order chi connectivity index (χ0) is 24.8. The summed E-state index contributed by atoms with van der Waals surface area (Å²) in [6.07, 6.45) is 3.03. The van der Waals surface area contributed by atoms with Crippen LogP contribution in [0.15, 0.2) is 30.3 Å². The maximum Gasteiger partial charge on any atom is 0.206 e. The number of likely N-dealkylation sites (N-methyl/N-ethyl adjacent to an activating group) is 1. The van der Waals surface area contributed by atoms with Crippen molar-refractivity contribution in [1.29, 1.82) is 0 Å². The van der Waals surface area contributed by atoms with Crippen molar-refractivity contribution in [1.82, 2.24) is 14.5 Å². The summed E-state index contributed by atoms with van der Waals surface area (Å²) in [7, 11) is 2.19. The number of phenolic OH excluding ortho intramolecular Hbond substituents is 1. The fourth-order valence-corrected chi connectivity index (χ4v) is 4.70. The summed E-state index contributed by atoms with van der Waals surface area (Å²) in [4.78, 5) is 9.80. The summed E-state index contributed by atoms with van der Waals surface area (Å²) in [6, 6.07) is 10.3. The number of ether oxygens (including phenoxy) is 2. The third-order valence-corrected chi connectivity index (χ3v) is 7.04. The molecule has 0 amide bonds. The highest BCUT2D eigenvalue weighted by Crippen LogP contribution is 2.32. The van der Waals surface area contributed by atoms with Gasteiger partial charge in [-0.15, -0.1) is 0 Å². The van der Waals surface area contributed by atoms with Gasteiger partial charge in [0.1, 0.15) is 11.5 Å². The van der Waals surface area contributed by atoms with E-state index in [0.29, 0.717) is 25.6 Å². The number of aryl methyl sites for hydroxylation is 1. The van der Waals surface area contributed by atoms with E-state index >= 15 is 0 Å². The third-order valence-electron chi connectivity index (χ3n) is 7.04. The van der Waals surface area contributed by atoms with Crippen LogP contribution < -0.4 is 9.64 Å². The van der Waals surface area contributed by atoms with Crippen LogP contribution in [-0.2, 0) is 11.3 Å². The Hall–Kier alpha value is -2.77. The second kappa shape index (κ2) is 11.8. The molecule has 7 nitrogen and oxygen atoms in total. The van der Waals surface area contributed by atoms with Gasteiger partial charge >= 0.3 is 0 Å². The highest BCUT2D eigenvalue weighted by atomic mass is 16.5. The van der Waals surface area contributed by atoms with Crippen LogP contribution in [0.25, 0.3) is 11.0 Å². The normalized spacial score (nSPS) is 15.0. The summed E-state index contributed by atoms with van der Waals surface area (Å²) in [5.41, 5.74) is 4.97. The van der Waals surface area contributed by atoms with Crippen molar-refractivity contribution in [3.8, 4) is 11.5 Å². The van der Waals surface area contributed by atoms with Crippen molar-refractivity contribution in [3.05, 3.63) is 47.0 Å². The Bertz CT molecular complexity index is 1130. The van der Waals surface area contributed by atoms with Crippen LogP contribution in [0.3, 0.4) is 0 Å². The largest absolute Gasteiger partial charge is 0.507 e. The molecule has 0 spiro atoms. The third kappa shape index (κ3) is 6.08. The first-order valence-electron chi connectivity index (χ1n) is 12.8.